The molecule has 64 valence electrons. The Morgan fingerprint density at radius 2 is 1.82 bits per heavy atom. The number of quaternary nitrogens is 1. The Labute approximate surface area is 67.5 Å². The number of hydrogen-bond acceptors (Lipinski definition) is 1. The first-order chi connectivity index (χ1) is 5.01. The highest BCUT2D eigenvalue weighted by Gasteiger charge is 2.27. The van der Waals surface area contributed by atoms with Gasteiger partial charge in [0.25, 0.3) is 0 Å². The Kier molecular flexibility index (Phi) is 2.18. The van der Waals surface area contributed by atoms with Crippen LogP contribution in [0, 0.1) is 5.41 Å². The smallest absolute Gasteiger partial charge is 0.293 e. The largest absolute Gasteiger partial charge is 0.414 e. The summed E-state index contributed by atoms with van der Waals surface area (Å²) in [5.74, 6) is 0. The molecule has 0 aromatic carbocycles. The van der Waals surface area contributed by atoms with Crippen molar-refractivity contribution in [2.75, 3.05) is 13.1 Å². The van der Waals surface area contributed by atoms with Crippen molar-refractivity contribution in [3.63, 3.8) is 0 Å². The number of carbonyl (C=O) groups excluding carboxylic acids is 1. The van der Waals surface area contributed by atoms with Crippen LogP contribution >= 0.6 is 0 Å². The predicted octanol–water partition coefficient (Wildman–Crippen LogP) is 0.470. The molecule has 1 fully saturated rings. The standard InChI is InChI=1S/C8H16N2O/c1-8(2)3-5-10(6-4-8)7(9)11/h3-6H2,1-2H3,(H2,9,11)/p+1. The molecule has 1 saturated heterocycles. The van der Waals surface area contributed by atoms with Crippen LogP contribution in [-0.2, 0) is 0 Å². The third-order valence-corrected chi connectivity index (χ3v) is 2.47. The average Bonchev–Trinajstić information content (AvgIpc) is 1.86. The summed E-state index contributed by atoms with van der Waals surface area (Å²) in [6.07, 6.45) is 2.21. The zero-order valence-corrected chi connectivity index (χ0v) is 7.39. The molecule has 0 bridgehead atoms. The molecule has 0 aromatic heterocycles. The summed E-state index contributed by atoms with van der Waals surface area (Å²) >= 11 is 0. The summed E-state index contributed by atoms with van der Waals surface area (Å²) in [4.78, 5) is 12.6. The first-order valence-electron chi connectivity index (χ1n) is 4.12. The maximum Gasteiger partial charge on any atom is 0.414 e. The number of nitrogens with zero attached hydrogens (tertiary/aromatic N) is 1. The van der Waals surface area contributed by atoms with Gasteiger partial charge < -0.3 is 0 Å². The van der Waals surface area contributed by atoms with E-state index in [2.05, 4.69) is 19.6 Å². The summed E-state index contributed by atoms with van der Waals surface area (Å²) in [6.45, 7) is 6.26. The molecule has 0 aromatic rings. The lowest BCUT2D eigenvalue weighted by atomic mass is 9.83. The molecule has 3 nitrogen and oxygen atoms in total. The van der Waals surface area contributed by atoms with E-state index in [-0.39, 0.29) is 6.03 Å². The van der Waals surface area contributed by atoms with Crippen LogP contribution in [0.4, 0.5) is 4.79 Å². The van der Waals surface area contributed by atoms with E-state index in [0.717, 1.165) is 25.9 Å². The highest BCUT2D eigenvalue weighted by Crippen LogP contribution is 2.29. The molecule has 2 amide bonds. The summed E-state index contributed by atoms with van der Waals surface area (Å²) in [6, 6.07) is -0.0273. The molecule has 0 aliphatic carbocycles. The van der Waals surface area contributed by atoms with Crippen LogP contribution in [0.5, 0.6) is 0 Å². The molecule has 0 saturated carbocycles. The van der Waals surface area contributed by atoms with E-state index in [0.29, 0.717) is 5.41 Å². The van der Waals surface area contributed by atoms with Crippen LogP contribution < -0.4 is 5.73 Å². The van der Waals surface area contributed by atoms with E-state index in [4.69, 9.17) is 0 Å². The summed E-state index contributed by atoms with van der Waals surface area (Å²) in [7, 11) is 0. The highest BCUT2D eigenvalue weighted by molar-refractivity contribution is 5.62. The molecular formula is C8H17N2O+. The minimum absolute atomic E-state index is 0.0273. The van der Waals surface area contributed by atoms with Crippen LogP contribution in [-0.4, -0.2) is 24.0 Å². The second-order valence-corrected chi connectivity index (χ2v) is 4.05. The van der Waals surface area contributed by atoms with E-state index >= 15 is 0 Å². The third-order valence-electron chi connectivity index (χ3n) is 2.47. The summed E-state index contributed by atoms with van der Waals surface area (Å²) in [5, 5.41) is 0. The van der Waals surface area contributed by atoms with Gasteiger partial charge in [-0.1, -0.05) is 13.8 Å². The van der Waals surface area contributed by atoms with E-state index in [1.165, 1.54) is 0 Å². The molecule has 1 aliphatic rings. The molecule has 1 rings (SSSR count). The monoisotopic (exact) mass is 157 g/mol. The van der Waals surface area contributed by atoms with Crippen LogP contribution in [0.2, 0.25) is 0 Å². The van der Waals surface area contributed by atoms with Crippen molar-refractivity contribution in [2.45, 2.75) is 26.7 Å². The maximum atomic E-state index is 10.8. The van der Waals surface area contributed by atoms with Crippen molar-refractivity contribution in [3.8, 4) is 0 Å². The average molecular weight is 157 g/mol. The number of urea groups is 1. The van der Waals surface area contributed by atoms with E-state index in [1.807, 2.05) is 4.90 Å². The fourth-order valence-electron chi connectivity index (χ4n) is 1.36. The van der Waals surface area contributed by atoms with Crippen LogP contribution in [0.3, 0.4) is 0 Å². The second-order valence-electron chi connectivity index (χ2n) is 4.05. The number of piperidine rings is 1. The first-order valence-corrected chi connectivity index (χ1v) is 4.12. The molecule has 0 spiro atoms. The topological polar surface area (TPSA) is 48.0 Å². The first kappa shape index (κ1) is 8.53. The highest BCUT2D eigenvalue weighted by atomic mass is 16.2. The zero-order chi connectivity index (χ0) is 8.48. The van der Waals surface area contributed by atoms with Crippen molar-refractivity contribution >= 4 is 6.03 Å². The lowest BCUT2D eigenvalue weighted by Crippen LogP contribution is -2.65. The molecule has 1 aliphatic heterocycles. The van der Waals surface area contributed by atoms with Crippen LogP contribution in [0.15, 0.2) is 0 Å². The Hall–Kier alpha value is -0.570. The van der Waals surface area contributed by atoms with E-state index < -0.39 is 0 Å². The van der Waals surface area contributed by atoms with E-state index in [1.54, 1.807) is 0 Å². The van der Waals surface area contributed by atoms with Gasteiger partial charge in [-0.05, 0) is 18.3 Å². The second kappa shape index (κ2) is 2.81. The van der Waals surface area contributed by atoms with Gasteiger partial charge in [0.15, 0.2) is 0 Å². The van der Waals surface area contributed by atoms with Gasteiger partial charge in [-0.15, -0.1) is 0 Å². The van der Waals surface area contributed by atoms with Gasteiger partial charge in [0.2, 0.25) is 0 Å². The number of amides is 2. The molecule has 0 atom stereocenters. The minimum Gasteiger partial charge on any atom is -0.293 e. The Morgan fingerprint density at radius 1 is 1.36 bits per heavy atom. The van der Waals surface area contributed by atoms with E-state index in [9.17, 15) is 4.79 Å². The number of hydrogen-bond donors (Lipinski definition) is 1. The van der Waals surface area contributed by atoms with Crippen LogP contribution in [0.1, 0.15) is 26.7 Å². The number of carbonyl (C=O) groups is 1. The van der Waals surface area contributed by atoms with Crippen molar-refractivity contribution in [1.29, 1.82) is 0 Å². The van der Waals surface area contributed by atoms with Crippen molar-refractivity contribution in [3.05, 3.63) is 0 Å². The molecule has 1 heterocycles. The van der Waals surface area contributed by atoms with Crippen LogP contribution in [0.25, 0.3) is 0 Å². The molecule has 0 unspecified atom stereocenters. The van der Waals surface area contributed by atoms with Gasteiger partial charge in [-0.2, -0.15) is 0 Å². The lowest BCUT2D eigenvalue weighted by molar-refractivity contribution is -0.267. The number of likely N-dealkylation sites (tertiary alicyclic amines) is 1. The summed E-state index contributed by atoms with van der Waals surface area (Å²) in [5.41, 5.74) is 3.82. The lowest BCUT2D eigenvalue weighted by Gasteiger charge is -2.34. The summed E-state index contributed by atoms with van der Waals surface area (Å²) < 4.78 is 0. The van der Waals surface area contributed by atoms with Gasteiger partial charge in [-0.25, -0.2) is 4.79 Å². The zero-order valence-electron chi connectivity index (χ0n) is 7.39. The van der Waals surface area contributed by atoms with Gasteiger partial charge in [0, 0.05) is 13.1 Å². The molecule has 3 N–H and O–H groups in total. The van der Waals surface area contributed by atoms with Gasteiger partial charge in [0.05, 0.1) is 0 Å². The SMILES string of the molecule is CC1(C)CCN(C([NH3+])=O)CC1. The van der Waals surface area contributed by atoms with Gasteiger partial charge in [-0.3, -0.25) is 10.6 Å². The minimum atomic E-state index is -0.0273. The predicted molar refractivity (Wildman–Crippen MR) is 42.9 cm³/mol. The quantitative estimate of drug-likeness (QED) is 0.546. The Balaban J connectivity index is 2.42. The third kappa shape index (κ3) is 2.19. The van der Waals surface area contributed by atoms with Gasteiger partial charge >= 0.3 is 6.03 Å². The number of rotatable bonds is 0. The fourth-order valence-corrected chi connectivity index (χ4v) is 1.36. The van der Waals surface area contributed by atoms with Gasteiger partial charge in [0.1, 0.15) is 0 Å². The normalized spacial score (nSPS) is 23.4. The Morgan fingerprint density at radius 3 is 2.18 bits per heavy atom. The molecular weight excluding hydrogens is 140 g/mol. The van der Waals surface area contributed by atoms with Crippen molar-refractivity contribution in [2.24, 2.45) is 5.41 Å². The Bertz CT molecular complexity index is 155. The molecule has 0 radical (unpaired) electrons. The van der Waals surface area contributed by atoms with Crippen molar-refractivity contribution < 1.29 is 10.5 Å². The maximum absolute atomic E-state index is 10.8. The molecule has 3 heteroatoms. The van der Waals surface area contributed by atoms with Crippen molar-refractivity contribution in [1.82, 2.24) is 4.90 Å². The molecule has 11 heavy (non-hydrogen) atoms. The fraction of sp³-hybridized carbons (Fsp3) is 0.875.